The summed E-state index contributed by atoms with van der Waals surface area (Å²) in [5.41, 5.74) is 2.93. The van der Waals surface area contributed by atoms with Crippen molar-refractivity contribution in [1.29, 1.82) is 0 Å². The van der Waals surface area contributed by atoms with Crippen molar-refractivity contribution in [3.05, 3.63) is 63.8 Å². The molecule has 1 aliphatic heterocycles. The lowest BCUT2D eigenvalue weighted by Gasteiger charge is -2.07. The Morgan fingerprint density at radius 1 is 1.15 bits per heavy atom. The van der Waals surface area contributed by atoms with E-state index in [0.29, 0.717) is 5.75 Å². The highest BCUT2D eigenvalue weighted by atomic mass is 16.6. The molecule has 0 atom stereocenters. The Kier molecular flexibility index (Phi) is 2.12. The molecule has 1 aliphatic rings. The number of fused-ring (bicyclic) bond motifs is 1. The molecule has 0 saturated heterocycles. The van der Waals surface area contributed by atoms with E-state index in [9.17, 15) is 10.1 Å². The zero-order valence-electron chi connectivity index (χ0n) is 10.4. The van der Waals surface area contributed by atoms with E-state index in [1.54, 1.807) is 6.07 Å². The van der Waals surface area contributed by atoms with Gasteiger partial charge in [0.05, 0.1) is 16.5 Å². The van der Waals surface area contributed by atoms with Crippen LogP contribution in [0.2, 0.25) is 0 Å². The van der Waals surface area contributed by atoms with E-state index in [1.165, 1.54) is 6.07 Å². The quantitative estimate of drug-likeness (QED) is 0.421. The Morgan fingerprint density at radius 3 is 2.85 bits per heavy atom. The first-order chi connectivity index (χ1) is 9.72. The number of non-ortho nitro benzene ring substituents is 1. The fourth-order valence-electron chi connectivity index (χ4n) is 2.68. The minimum absolute atomic E-state index is 0.0280. The van der Waals surface area contributed by atoms with Gasteiger partial charge in [-0.15, -0.1) is 0 Å². The SMILES string of the molecule is O=[N+]([O-])c1cc2c3c(c[nH]c3c1)Cc1ccccc1O2. The third kappa shape index (κ3) is 1.50. The van der Waals surface area contributed by atoms with Gasteiger partial charge in [-0.1, -0.05) is 18.2 Å². The summed E-state index contributed by atoms with van der Waals surface area (Å²) in [7, 11) is 0. The van der Waals surface area contributed by atoms with Crippen LogP contribution in [0.5, 0.6) is 11.5 Å². The van der Waals surface area contributed by atoms with Gasteiger partial charge < -0.3 is 9.72 Å². The van der Waals surface area contributed by atoms with E-state index >= 15 is 0 Å². The number of ether oxygens (including phenoxy) is 1. The molecule has 0 fully saturated rings. The normalized spacial score (nSPS) is 12.6. The monoisotopic (exact) mass is 266 g/mol. The molecule has 0 amide bonds. The van der Waals surface area contributed by atoms with E-state index in [1.807, 2.05) is 30.5 Å². The van der Waals surface area contributed by atoms with Gasteiger partial charge in [0, 0.05) is 24.1 Å². The number of hydrogen-bond acceptors (Lipinski definition) is 3. The molecule has 5 heteroatoms. The van der Waals surface area contributed by atoms with Crippen LogP contribution in [0.3, 0.4) is 0 Å². The molecule has 0 unspecified atom stereocenters. The second kappa shape index (κ2) is 3.84. The van der Waals surface area contributed by atoms with Crippen molar-refractivity contribution < 1.29 is 9.66 Å². The van der Waals surface area contributed by atoms with Gasteiger partial charge >= 0.3 is 0 Å². The Labute approximate surface area is 114 Å². The fraction of sp³-hybridized carbons (Fsp3) is 0.0667. The Morgan fingerprint density at radius 2 is 2.00 bits per heavy atom. The number of rotatable bonds is 1. The molecule has 1 N–H and O–H groups in total. The van der Waals surface area contributed by atoms with Crippen LogP contribution in [0.25, 0.3) is 10.9 Å². The Bertz CT molecular complexity index is 851. The number of nitrogens with one attached hydrogen (secondary N) is 1. The van der Waals surface area contributed by atoms with E-state index < -0.39 is 4.92 Å². The van der Waals surface area contributed by atoms with E-state index in [0.717, 1.165) is 34.2 Å². The van der Waals surface area contributed by atoms with Crippen molar-refractivity contribution in [3.8, 4) is 11.5 Å². The number of hydrogen-bond donors (Lipinski definition) is 1. The van der Waals surface area contributed by atoms with Crippen LogP contribution in [0.1, 0.15) is 11.1 Å². The molecule has 0 aliphatic carbocycles. The summed E-state index contributed by atoms with van der Waals surface area (Å²) in [6.07, 6.45) is 2.64. The molecule has 5 nitrogen and oxygen atoms in total. The number of aromatic nitrogens is 1. The standard InChI is InChI=1S/C15H10N2O3/c18-17(19)11-6-12-15-10(8-16-12)5-9-3-1-2-4-13(9)20-14(15)7-11/h1-4,6-8,16H,5H2. The number of benzene rings is 2. The summed E-state index contributed by atoms with van der Waals surface area (Å²) in [5.74, 6) is 1.29. The summed E-state index contributed by atoms with van der Waals surface area (Å²) in [4.78, 5) is 13.7. The summed E-state index contributed by atoms with van der Waals surface area (Å²) >= 11 is 0. The van der Waals surface area contributed by atoms with Crippen LogP contribution >= 0.6 is 0 Å². The molecule has 4 rings (SSSR count). The second-order valence-electron chi connectivity index (χ2n) is 4.82. The maximum atomic E-state index is 11.0. The Hall–Kier alpha value is -2.82. The van der Waals surface area contributed by atoms with E-state index in [4.69, 9.17) is 4.74 Å². The highest BCUT2D eigenvalue weighted by Gasteiger charge is 2.21. The molecule has 2 aromatic carbocycles. The zero-order chi connectivity index (χ0) is 13.7. The highest BCUT2D eigenvalue weighted by molar-refractivity contribution is 5.92. The van der Waals surface area contributed by atoms with Crippen molar-refractivity contribution in [1.82, 2.24) is 4.98 Å². The van der Waals surface area contributed by atoms with Gasteiger partial charge in [-0.25, -0.2) is 0 Å². The van der Waals surface area contributed by atoms with Crippen molar-refractivity contribution in [2.75, 3.05) is 0 Å². The van der Waals surface area contributed by atoms with Crippen molar-refractivity contribution in [2.24, 2.45) is 0 Å². The molecule has 0 bridgehead atoms. The topological polar surface area (TPSA) is 68.2 Å². The number of H-pyrrole nitrogens is 1. The van der Waals surface area contributed by atoms with Gasteiger partial charge in [0.15, 0.2) is 0 Å². The molecule has 1 aromatic heterocycles. The molecule has 0 saturated carbocycles. The molecule has 3 aromatic rings. The molecule has 20 heavy (non-hydrogen) atoms. The van der Waals surface area contributed by atoms with Crippen LogP contribution in [0.4, 0.5) is 5.69 Å². The van der Waals surface area contributed by atoms with Crippen molar-refractivity contribution >= 4 is 16.6 Å². The molecule has 0 spiro atoms. The molecular formula is C15H10N2O3. The average molecular weight is 266 g/mol. The highest BCUT2D eigenvalue weighted by Crippen LogP contribution is 2.41. The largest absolute Gasteiger partial charge is 0.456 e. The Balaban J connectivity index is 2.02. The first-order valence-corrected chi connectivity index (χ1v) is 6.26. The summed E-state index contributed by atoms with van der Waals surface area (Å²) in [6.45, 7) is 0. The lowest BCUT2D eigenvalue weighted by molar-refractivity contribution is -0.384. The number of aromatic amines is 1. The lowest BCUT2D eigenvalue weighted by atomic mass is 10.0. The maximum absolute atomic E-state index is 11.0. The summed E-state index contributed by atoms with van der Waals surface area (Å²) in [5, 5.41) is 11.9. The average Bonchev–Trinajstić information content (AvgIpc) is 2.76. The molecule has 98 valence electrons. The predicted octanol–water partition coefficient (Wildman–Crippen LogP) is 3.77. The minimum Gasteiger partial charge on any atom is -0.456 e. The van der Waals surface area contributed by atoms with Crippen LogP contribution in [-0.4, -0.2) is 9.91 Å². The van der Waals surface area contributed by atoms with Crippen LogP contribution in [0, 0.1) is 10.1 Å². The molecule has 2 heterocycles. The van der Waals surface area contributed by atoms with Gasteiger partial charge in [0.2, 0.25) is 0 Å². The lowest BCUT2D eigenvalue weighted by Crippen LogP contribution is -1.91. The van der Waals surface area contributed by atoms with E-state index in [2.05, 4.69) is 4.98 Å². The third-order valence-corrected chi connectivity index (χ3v) is 3.59. The van der Waals surface area contributed by atoms with Gasteiger partial charge in [-0.3, -0.25) is 10.1 Å². The fourth-order valence-corrected chi connectivity index (χ4v) is 2.68. The first-order valence-electron chi connectivity index (χ1n) is 6.26. The van der Waals surface area contributed by atoms with Gasteiger partial charge in [0.1, 0.15) is 11.5 Å². The van der Waals surface area contributed by atoms with Crippen LogP contribution in [0.15, 0.2) is 42.6 Å². The third-order valence-electron chi connectivity index (χ3n) is 3.59. The number of nitro groups is 1. The second-order valence-corrected chi connectivity index (χ2v) is 4.82. The summed E-state index contributed by atoms with van der Waals surface area (Å²) < 4.78 is 5.90. The van der Waals surface area contributed by atoms with E-state index in [-0.39, 0.29) is 5.69 Å². The van der Waals surface area contributed by atoms with Gasteiger partial charge in [-0.2, -0.15) is 0 Å². The predicted molar refractivity (Wildman–Crippen MR) is 74.3 cm³/mol. The van der Waals surface area contributed by atoms with Crippen LogP contribution < -0.4 is 4.74 Å². The number of nitro benzene ring substituents is 1. The van der Waals surface area contributed by atoms with Crippen LogP contribution in [-0.2, 0) is 6.42 Å². The first kappa shape index (κ1) is 11.0. The van der Waals surface area contributed by atoms with Crippen molar-refractivity contribution in [2.45, 2.75) is 6.42 Å². The summed E-state index contributed by atoms with van der Waals surface area (Å²) in [6, 6.07) is 10.8. The minimum atomic E-state index is -0.406. The maximum Gasteiger partial charge on any atom is 0.275 e. The number of para-hydroxylation sites is 1. The zero-order valence-corrected chi connectivity index (χ0v) is 10.4. The van der Waals surface area contributed by atoms with Crippen molar-refractivity contribution in [3.63, 3.8) is 0 Å². The number of nitrogens with zero attached hydrogens (tertiary/aromatic N) is 1. The van der Waals surface area contributed by atoms with Gasteiger partial charge in [0.25, 0.3) is 5.69 Å². The smallest absolute Gasteiger partial charge is 0.275 e. The van der Waals surface area contributed by atoms with Gasteiger partial charge in [-0.05, 0) is 17.2 Å². The molecule has 0 radical (unpaired) electrons. The molecular weight excluding hydrogens is 256 g/mol.